The number of rotatable bonds is 7. The van der Waals surface area contributed by atoms with Crippen molar-refractivity contribution in [1.82, 2.24) is 4.31 Å². The molecule has 3 unspecified atom stereocenters. The van der Waals surface area contributed by atoms with Crippen LogP contribution in [0.4, 0.5) is 0 Å². The van der Waals surface area contributed by atoms with Crippen LogP contribution in [-0.4, -0.2) is 33.0 Å². The van der Waals surface area contributed by atoms with Crippen molar-refractivity contribution in [2.75, 3.05) is 14.2 Å². The van der Waals surface area contributed by atoms with Gasteiger partial charge in [0.2, 0.25) is 10.0 Å². The molecule has 1 aliphatic rings. The molecule has 0 spiro atoms. The lowest BCUT2D eigenvalue weighted by atomic mass is 9.78. The van der Waals surface area contributed by atoms with Gasteiger partial charge in [-0.2, -0.15) is 4.31 Å². The quantitative estimate of drug-likeness (QED) is 0.567. The van der Waals surface area contributed by atoms with E-state index in [1.807, 2.05) is 18.2 Å². The first-order valence-electron chi connectivity index (χ1n) is 10.3. The van der Waals surface area contributed by atoms with E-state index in [1.54, 1.807) is 42.8 Å². The van der Waals surface area contributed by atoms with Crippen molar-refractivity contribution in [3.05, 3.63) is 53.1 Å². The summed E-state index contributed by atoms with van der Waals surface area (Å²) in [5.41, 5.74) is 0.857. The molecule has 1 fully saturated rings. The Bertz CT molecular complexity index is 962. The predicted molar refractivity (Wildman–Crippen MR) is 120 cm³/mol. The highest BCUT2D eigenvalue weighted by atomic mass is 35.5. The summed E-state index contributed by atoms with van der Waals surface area (Å²) in [6.45, 7) is 4.64. The summed E-state index contributed by atoms with van der Waals surface area (Å²) < 4.78 is 39.8. The van der Waals surface area contributed by atoms with Crippen molar-refractivity contribution < 1.29 is 17.9 Å². The van der Waals surface area contributed by atoms with Crippen LogP contribution >= 0.6 is 11.6 Å². The fourth-order valence-corrected chi connectivity index (χ4v) is 6.09. The minimum absolute atomic E-state index is 0.0671. The van der Waals surface area contributed by atoms with Gasteiger partial charge in [0, 0.05) is 17.6 Å². The Hall–Kier alpha value is -1.76. The van der Waals surface area contributed by atoms with Crippen LogP contribution in [0.15, 0.2) is 47.4 Å². The highest BCUT2D eigenvalue weighted by Gasteiger charge is 2.38. The molecule has 0 aliphatic heterocycles. The second kappa shape index (κ2) is 9.58. The minimum Gasteiger partial charge on any atom is -0.493 e. The molecule has 1 aliphatic carbocycles. The Labute approximate surface area is 185 Å². The maximum absolute atomic E-state index is 13.7. The van der Waals surface area contributed by atoms with Gasteiger partial charge in [-0.25, -0.2) is 8.42 Å². The summed E-state index contributed by atoms with van der Waals surface area (Å²) in [6, 6.07) is 11.9. The van der Waals surface area contributed by atoms with Crippen molar-refractivity contribution in [1.29, 1.82) is 0 Å². The summed E-state index contributed by atoms with van der Waals surface area (Å²) >= 11 is 5.99. The second-order valence-electron chi connectivity index (χ2n) is 8.03. The monoisotopic (exact) mass is 451 g/mol. The van der Waals surface area contributed by atoms with Crippen LogP contribution in [0.25, 0.3) is 0 Å². The largest absolute Gasteiger partial charge is 0.493 e. The maximum Gasteiger partial charge on any atom is 0.243 e. The minimum atomic E-state index is -3.70. The first-order valence-corrected chi connectivity index (χ1v) is 12.1. The number of sulfonamides is 1. The van der Waals surface area contributed by atoms with Crippen LogP contribution in [0, 0.1) is 11.8 Å². The van der Waals surface area contributed by atoms with Crippen molar-refractivity contribution in [2.24, 2.45) is 11.8 Å². The molecular weight excluding hydrogens is 422 g/mol. The van der Waals surface area contributed by atoms with E-state index in [0.29, 0.717) is 22.4 Å². The number of benzene rings is 2. The Morgan fingerprint density at radius 1 is 1.00 bits per heavy atom. The molecule has 1 saturated carbocycles. The fourth-order valence-electron chi connectivity index (χ4n) is 4.24. The van der Waals surface area contributed by atoms with E-state index in [9.17, 15) is 8.42 Å². The zero-order valence-electron chi connectivity index (χ0n) is 18.0. The summed E-state index contributed by atoms with van der Waals surface area (Å²) in [5, 5.41) is 0.514. The SMILES string of the molecule is COc1ccc(CN(C2CCCC(C)C2C)S(=O)(=O)c2ccc(Cl)cc2)cc1OC. The topological polar surface area (TPSA) is 55.8 Å². The number of halogens is 1. The van der Waals surface area contributed by atoms with Gasteiger partial charge in [0.25, 0.3) is 0 Å². The van der Waals surface area contributed by atoms with Gasteiger partial charge in [-0.1, -0.05) is 44.4 Å². The van der Waals surface area contributed by atoms with Crippen LogP contribution in [0.2, 0.25) is 5.02 Å². The van der Waals surface area contributed by atoms with Crippen molar-refractivity contribution in [3.63, 3.8) is 0 Å². The fraction of sp³-hybridized carbons (Fsp3) is 0.478. The van der Waals surface area contributed by atoms with Gasteiger partial charge in [-0.15, -0.1) is 0 Å². The lowest BCUT2D eigenvalue weighted by molar-refractivity contribution is 0.138. The summed E-state index contributed by atoms with van der Waals surface area (Å²) in [5.74, 6) is 1.94. The number of methoxy groups -OCH3 is 2. The van der Waals surface area contributed by atoms with Crippen LogP contribution in [0.5, 0.6) is 11.5 Å². The van der Waals surface area contributed by atoms with Gasteiger partial charge in [-0.3, -0.25) is 0 Å². The van der Waals surface area contributed by atoms with Gasteiger partial charge in [0.15, 0.2) is 11.5 Å². The highest BCUT2D eigenvalue weighted by Crippen LogP contribution is 2.37. The van der Waals surface area contributed by atoms with Crippen molar-refractivity contribution in [2.45, 2.75) is 50.6 Å². The zero-order chi connectivity index (χ0) is 21.9. The second-order valence-corrected chi connectivity index (χ2v) is 10.4. The molecule has 2 aromatic rings. The number of hydrogen-bond acceptors (Lipinski definition) is 4. The molecule has 3 rings (SSSR count). The molecule has 0 bridgehead atoms. The highest BCUT2D eigenvalue weighted by molar-refractivity contribution is 7.89. The smallest absolute Gasteiger partial charge is 0.243 e. The Balaban J connectivity index is 2.02. The van der Waals surface area contributed by atoms with E-state index in [1.165, 1.54) is 0 Å². The molecule has 164 valence electrons. The molecule has 0 saturated heterocycles. The van der Waals surface area contributed by atoms with E-state index < -0.39 is 10.0 Å². The van der Waals surface area contributed by atoms with Gasteiger partial charge in [0.05, 0.1) is 19.1 Å². The van der Waals surface area contributed by atoms with E-state index in [4.69, 9.17) is 21.1 Å². The predicted octanol–water partition coefficient (Wildman–Crippen LogP) is 5.37. The molecule has 0 amide bonds. The molecule has 7 heteroatoms. The van der Waals surface area contributed by atoms with Gasteiger partial charge in [-0.05, 0) is 60.2 Å². The van der Waals surface area contributed by atoms with E-state index in [-0.39, 0.29) is 23.4 Å². The average molecular weight is 452 g/mol. The Morgan fingerprint density at radius 3 is 2.30 bits per heavy atom. The lowest BCUT2D eigenvalue weighted by Crippen LogP contribution is -2.46. The van der Waals surface area contributed by atoms with Crippen molar-refractivity contribution >= 4 is 21.6 Å². The maximum atomic E-state index is 13.7. The van der Waals surface area contributed by atoms with E-state index in [2.05, 4.69) is 13.8 Å². The molecule has 3 atom stereocenters. The van der Waals surface area contributed by atoms with E-state index >= 15 is 0 Å². The third-order valence-corrected chi connectivity index (χ3v) is 8.38. The standard InChI is InChI=1S/C23H30ClNO4S/c1-16-6-5-7-21(17(16)2)25(30(26,27)20-11-9-19(24)10-12-20)15-18-8-13-22(28-3)23(14-18)29-4/h8-14,16-17,21H,5-7,15H2,1-4H3. The van der Waals surface area contributed by atoms with Crippen molar-refractivity contribution in [3.8, 4) is 11.5 Å². The van der Waals surface area contributed by atoms with Gasteiger partial charge in [0.1, 0.15) is 0 Å². The molecule has 0 radical (unpaired) electrons. The molecule has 2 aromatic carbocycles. The van der Waals surface area contributed by atoms with Gasteiger partial charge >= 0.3 is 0 Å². The summed E-state index contributed by atoms with van der Waals surface area (Å²) in [4.78, 5) is 0.262. The van der Waals surface area contributed by atoms with Crippen LogP contribution < -0.4 is 9.47 Å². The first kappa shape index (κ1) is 22.9. The molecule has 0 N–H and O–H groups in total. The molecule has 0 heterocycles. The molecule has 30 heavy (non-hydrogen) atoms. The van der Waals surface area contributed by atoms with E-state index in [0.717, 1.165) is 24.8 Å². The molecule has 0 aromatic heterocycles. The number of ether oxygens (including phenoxy) is 2. The van der Waals surface area contributed by atoms with Crippen LogP contribution in [0.1, 0.15) is 38.7 Å². The average Bonchev–Trinajstić information content (AvgIpc) is 2.74. The van der Waals surface area contributed by atoms with Crippen LogP contribution in [0.3, 0.4) is 0 Å². The number of hydrogen-bond donors (Lipinski definition) is 0. The summed E-state index contributed by atoms with van der Waals surface area (Å²) in [7, 11) is -0.543. The summed E-state index contributed by atoms with van der Waals surface area (Å²) in [6.07, 6.45) is 3.00. The Kier molecular flexibility index (Phi) is 7.32. The third-order valence-electron chi connectivity index (χ3n) is 6.24. The molecular formula is C23H30ClNO4S. The molecule has 5 nitrogen and oxygen atoms in total. The lowest BCUT2D eigenvalue weighted by Gasteiger charge is -2.41. The Morgan fingerprint density at radius 2 is 1.67 bits per heavy atom. The third kappa shape index (κ3) is 4.76. The van der Waals surface area contributed by atoms with Gasteiger partial charge < -0.3 is 9.47 Å². The van der Waals surface area contributed by atoms with Crippen LogP contribution in [-0.2, 0) is 16.6 Å². The zero-order valence-corrected chi connectivity index (χ0v) is 19.5. The number of nitrogens with zero attached hydrogens (tertiary/aromatic N) is 1. The first-order chi connectivity index (χ1) is 14.3. The normalized spacial score (nSPS) is 22.1.